The van der Waals surface area contributed by atoms with Crippen molar-refractivity contribution >= 4 is 23.4 Å². The van der Waals surface area contributed by atoms with E-state index in [9.17, 15) is 24.5 Å². The van der Waals surface area contributed by atoms with Gasteiger partial charge in [0.2, 0.25) is 5.91 Å². The van der Waals surface area contributed by atoms with Crippen molar-refractivity contribution in [3.8, 4) is 0 Å². The molecule has 1 aliphatic heterocycles. The lowest BCUT2D eigenvalue weighted by molar-refractivity contribution is -0.385. The first-order valence-electron chi connectivity index (χ1n) is 10.9. The third kappa shape index (κ3) is 4.43. The molecule has 4 rings (SSSR count). The minimum absolute atomic E-state index is 0.0576. The second-order valence-corrected chi connectivity index (χ2v) is 8.09. The molecule has 8 heteroatoms. The molecule has 172 valence electrons. The Morgan fingerprint density at radius 2 is 1.53 bits per heavy atom. The summed E-state index contributed by atoms with van der Waals surface area (Å²) < 4.78 is 0. The smallest absolute Gasteiger partial charge is 0.282 e. The minimum Gasteiger partial charge on any atom is -0.336 e. The van der Waals surface area contributed by atoms with Crippen LogP contribution in [-0.4, -0.2) is 45.0 Å². The van der Waals surface area contributed by atoms with Gasteiger partial charge in [0.15, 0.2) is 0 Å². The minimum atomic E-state index is -1.12. The summed E-state index contributed by atoms with van der Waals surface area (Å²) >= 11 is 0. The molecule has 0 fully saturated rings. The fourth-order valence-corrected chi connectivity index (χ4v) is 4.14. The molecule has 3 aromatic carbocycles. The fourth-order valence-electron chi connectivity index (χ4n) is 4.14. The van der Waals surface area contributed by atoms with Crippen LogP contribution in [0.3, 0.4) is 0 Å². The van der Waals surface area contributed by atoms with E-state index in [1.165, 1.54) is 25.1 Å². The molecular formula is C26H23N3O5. The van der Waals surface area contributed by atoms with E-state index in [1.807, 2.05) is 60.7 Å². The SMILES string of the molecule is CC(C(=O)N(CCc1ccccc1)Cc1ccccc1)N1C(=O)c2cccc([N+](=O)[O-])c2C1=O. The van der Waals surface area contributed by atoms with Gasteiger partial charge in [0.1, 0.15) is 11.6 Å². The highest BCUT2D eigenvalue weighted by atomic mass is 16.6. The molecule has 0 aliphatic carbocycles. The number of imide groups is 1. The first-order chi connectivity index (χ1) is 16.4. The Morgan fingerprint density at radius 3 is 2.15 bits per heavy atom. The largest absolute Gasteiger partial charge is 0.336 e. The van der Waals surface area contributed by atoms with Gasteiger partial charge in [-0.2, -0.15) is 0 Å². The van der Waals surface area contributed by atoms with Crippen LogP contribution < -0.4 is 0 Å². The molecule has 1 heterocycles. The van der Waals surface area contributed by atoms with Crippen LogP contribution in [0.4, 0.5) is 5.69 Å². The van der Waals surface area contributed by atoms with E-state index in [1.54, 1.807) is 4.90 Å². The average Bonchev–Trinajstić information content (AvgIpc) is 3.12. The summed E-state index contributed by atoms with van der Waals surface area (Å²) in [6.07, 6.45) is 0.597. The number of hydrogen-bond donors (Lipinski definition) is 0. The number of carbonyl (C=O) groups is 3. The van der Waals surface area contributed by atoms with E-state index < -0.39 is 34.4 Å². The zero-order valence-corrected chi connectivity index (χ0v) is 18.6. The lowest BCUT2D eigenvalue weighted by Gasteiger charge is -2.29. The van der Waals surface area contributed by atoms with Crippen LogP contribution in [0.2, 0.25) is 0 Å². The van der Waals surface area contributed by atoms with Gasteiger partial charge in [-0.05, 0) is 30.5 Å². The molecule has 3 amide bonds. The zero-order valence-electron chi connectivity index (χ0n) is 18.6. The number of nitrogens with zero attached hydrogens (tertiary/aromatic N) is 3. The molecule has 1 unspecified atom stereocenters. The molecule has 1 aliphatic rings. The lowest BCUT2D eigenvalue weighted by atomic mass is 10.1. The molecule has 0 radical (unpaired) electrons. The van der Waals surface area contributed by atoms with E-state index in [0.29, 0.717) is 19.5 Å². The Hall–Kier alpha value is -4.33. The van der Waals surface area contributed by atoms with Crippen molar-refractivity contribution in [2.75, 3.05) is 6.54 Å². The first-order valence-corrected chi connectivity index (χ1v) is 10.9. The van der Waals surface area contributed by atoms with Crippen molar-refractivity contribution in [1.82, 2.24) is 9.80 Å². The number of carbonyl (C=O) groups excluding carboxylic acids is 3. The Balaban J connectivity index is 1.60. The van der Waals surface area contributed by atoms with E-state index in [4.69, 9.17) is 0 Å². The van der Waals surface area contributed by atoms with E-state index in [2.05, 4.69) is 0 Å². The van der Waals surface area contributed by atoms with E-state index in [0.717, 1.165) is 16.0 Å². The lowest BCUT2D eigenvalue weighted by Crippen LogP contribution is -2.49. The molecule has 0 saturated heterocycles. The van der Waals surface area contributed by atoms with E-state index in [-0.39, 0.29) is 11.1 Å². The quantitative estimate of drug-likeness (QED) is 0.291. The fraction of sp³-hybridized carbons (Fsp3) is 0.192. The number of nitro groups is 1. The molecular weight excluding hydrogens is 434 g/mol. The maximum atomic E-state index is 13.6. The Morgan fingerprint density at radius 1 is 0.912 bits per heavy atom. The molecule has 0 aromatic heterocycles. The van der Waals surface area contributed by atoms with Crippen LogP contribution in [0.5, 0.6) is 0 Å². The molecule has 0 bridgehead atoms. The molecule has 8 nitrogen and oxygen atoms in total. The van der Waals surface area contributed by atoms with Gasteiger partial charge in [0, 0.05) is 19.2 Å². The maximum absolute atomic E-state index is 13.6. The Kier molecular flexibility index (Phi) is 6.49. The number of benzene rings is 3. The standard InChI is InChI=1S/C26H23N3O5/c1-18(28-25(31)21-13-8-14-22(29(33)34)23(21)26(28)32)24(30)27(17-20-11-6-3-7-12-20)16-15-19-9-4-2-5-10-19/h2-14,18H,15-17H2,1H3. The summed E-state index contributed by atoms with van der Waals surface area (Å²) in [7, 11) is 0. The van der Waals surface area contributed by atoms with Gasteiger partial charge >= 0.3 is 0 Å². The van der Waals surface area contributed by atoms with Crippen LogP contribution >= 0.6 is 0 Å². The molecule has 0 saturated carbocycles. The predicted octanol–water partition coefficient (Wildman–Crippen LogP) is 3.85. The third-order valence-electron chi connectivity index (χ3n) is 5.91. The van der Waals surface area contributed by atoms with Gasteiger partial charge in [-0.1, -0.05) is 66.7 Å². The second-order valence-electron chi connectivity index (χ2n) is 8.09. The van der Waals surface area contributed by atoms with Gasteiger partial charge in [0.25, 0.3) is 17.5 Å². The van der Waals surface area contributed by atoms with Gasteiger partial charge in [-0.3, -0.25) is 29.4 Å². The maximum Gasteiger partial charge on any atom is 0.282 e. The summed E-state index contributed by atoms with van der Waals surface area (Å²) in [4.78, 5) is 52.8. The van der Waals surface area contributed by atoms with E-state index >= 15 is 0 Å². The number of nitro benzene ring substituents is 1. The first kappa shape index (κ1) is 22.8. The van der Waals surface area contributed by atoms with Gasteiger partial charge in [-0.25, -0.2) is 0 Å². The summed E-state index contributed by atoms with van der Waals surface area (Å²) in [5, 5.41) is 11.4. The van der Waals surface area contributed by atoms with Crippen LogP contribution in [0.25, 0.3) is 0 Å². The summed E-state index contributed by atoms with van der Waals surface area (Å²) in [6, 6.07) is 21.9. The van der Waals surface area contributed by atoms with Crippen LogP contribution in [0, 0.1) is 10.1 Å². The number of amides is 3. The highest BCUT2D eigenvalue weighted by Gasteiger charge is 2.45. The van der Waals surface area contributed by atoms with Crippen LogP contribution in [-0.2, 0) is 17.8 Å². The average molecular weight is 457 g/mol. The van der Waals surface area contributed by atoms with Crippen molar-refractivity contribution in [3.63, 3.8) is 0 Å². The number of rotatable bonds is 8. The van der Waals surface area contributed by atoms with Crippen molar-refractivity contribution in [1.29, 1.82) is 0 Å². The number of fused-ring (bicyclic) bond motifs is 1. The van der Waals surface area contributed by atoms with Crippen molar-refractivity contribution in [2.24, 2.45) is 0 Å². The molecule has 0 N–H and O–H groups in total. The van der Waals surface area contributed by atoms with Crippen molar-refractivity contribution < 1.29 is 19.3 Å². The Bertz CT molecular complexity index is 1240. The number of hydrogen-bond acceptors (Lipinski definition) is 5. The monoisotopic (exact) mass is 457 g/mol. The zero-order chi connectivity index (χ0) is 24.2. The normalized spacial score (nSPS) is 13.5. The third-order valence-corrected chi connectivity index (χ3v) is 5.91. The van der Waals surface area contributed by atoms with Gasteiger partial charge in [0.05, 0.1) is 10.5 Å². The molecule has 0 spiro atoms. The summed E-state index contributed by atoms with van der Waals surface area (Å²) in [6.45, 7) is 2.17. The topological polar surface area (TPSA) is 101 Å². The predicted molar refractivity (Wildman–Crippen MR) is 125 cm³/mol. The second kappa shape index (κ2) is 9.66. The summed E-state index contributed by atoms with van der Waals surface area (Å²) in [5.41, 5.74) is 1.20. The van der Waals surface area contributed by atoms with Gasteiger partial charge < -0.3 is 4.90 Å². The van der Waals surface area contributed by atoms with Crippen molar-refractivity contribution in [2.45, 2.75) is 25.9 Å². The Labute approximate surface area is 196 Å². The molecule has 1 atom stereocenters. The highest BCUT2D eigenvalue weighted by molar-refractivity contribution is 6.24. The van der Waals surface area contributed by atoms with Crippen LogP contribution in [0.15, 0.2) is 78.9 Å². The van der Waals surface area contributed by atoms with Crippen molar-refractivity contribution in [3.05, 3.63) is 111 Å². The molecule has 34 heavy (non-hydrogen) atoms. The van der Waals surface area contributed by atoms with Crippen LogP contribution in [0.1, 0.15) is 38.8 Å². The van der Waals surface area contributed by atoms with Gasteiger partial charge in [-0.15, -0.1) is 0 Å². The molecule has 3 aromatic rings. The summed E-state index contributed by atoms with van der Waals surface area (Å²) in [5.74, 6) is -1.93. The highest BCUT2D eigenvalue weighted by Crippen LogP contribution is 2.32.